The predicted molar refractivity (Wildman–Crippen MR) is 66.3 cm³/mol. The molecule has 1 aliphatic heterocycles. The van der Waals surface area contributed by atoms with Crippen LogP contribution in [0.4, 0.5) is 0 Å². The zero-order valence-corrected chi connectivity index (χ0v) is 9.72. The van der Waals surface area contributed by atoms with E-state index in [9.17, 15) is 0 Å². The van der Waals surface area contributed by atoms with Gasteiger partial charge in [-0.1, -0.05) is 30.3 Å². The fourth-order valence-corrected chi connectivity index (χ4v) is 1.79. The Morgan fingerprint density at radius 3 is 2.41 bits per heavy atom. The van der Waals surface area contributed by atoms with Crippen molar-refractivity contribution < 1.29 is 9.47 Å². The Bertz CT molecular complexity index is 515. The monoisotopic (exact) mass is 226 g/mol. The van der Waals surface area contributed by atoms with Gasteiger partial charge in [0, 0.05) is 0 Å². The third kappa shape index (κ3) is 2.17. The highest BCUT2D eigenvalue weighted by Gasteiger charge is 2.41. The van der Waals surface area contributed by atoms with E-state index < -0.39 is 0 Å². The summed E-state index contributed by atoms with van der Waals surface area (Å²) in [6, 6.07) is 17.9. The highest BCUT2D eigenvalue weighted by molar-refractivity contribution is 5.37. The van der Waals surface area contributed by atoms with Gasteiger partial charge in [-0.05, 0) is 36.8 Å². The number of benzene rings is 2. The molecule has 86 valence electrons. The number of hydrogen-bond acceptors (Lipinski definition) is 2. The third-order valence-corrected chi connectivity index (χ3v) is 3.00. The molecule has 0 amide bonds. The molecule has 0 saturated carbocycles. The summed E-state index contributed by atoms with van der Waals surface area (Å²) in [5, 5.41) is 0. The Kier molecular flexibility index (Phi) is 2.37. The molecule has 0 aliphatic carbocycles. The Morgan fingerprint density at radius 2 is 1.71 bits per heavy atom. The average molecular weight is 226 g/mol. The molecule has 1 fully saturated rings. The van der Waals surface area contributed by atoms with Gasteiger partial charge in [0.25, 0.3) is 0 Å². The number of para-hydroxylation sites is 1. The van der Waals surface area contributed by atoms with Crippen LogP contribution in [0.15, 0.2) is 54.6 Å². The molecule has 1 heterocycles. The van der Waals surface area contributed by atoms with Gasteiger partial charge in [-0.2, -0.15) is 0 Å². The lowest BCUT2D eigenvalue weighted by Gasteiger charge is -2.09. The second-order valence-electron chi connectivity index (χ2n) is 4.46. The molecule has 1 unspecified atom stereocenters. The maximum atomic E-state index is 5.79. The van der Waals surface area contributed by atoms with Crippen LogP contribution in [-0.2, 0) is 10.3 Å². The van der Waals surface area contributed by atoms with Crippen molar-refractivity contribution in [2.75, 3.05) is 6.61 Å². The molecule has 0 N–H and O–H groups in total. The Balaban J connectivity index is 1.84. The largest absolute Gasteiger partial charge is 0.457 e. The van der Waals surface area contributed by atoms with Crippen molar-refractivity contribution >= 4 is 0 Å². The standard InChI is InChI=1S/C15H14O2/c1-15(11-16-15)12-6-5-9-14(10-12)17-13-7-3-2-4-8-13/h2-10H,11H2,1H3. The molecule has 2 aromatic carbocycles. The first kappa shape index (κ1) is 10.4. The average Bonchev–Trinajstić information content (AvgIpc) is 3.11. The molecule has 17 heavy (non-hydrogen) atoms. The summed E-state index contributed by atoms with van der Waals surface area (Å²) in [5.41, 5.74) is 1.07. The second-order valence-corrected chi connectivity index (χ2v) is 4.46. The van der Waals surface area contributed by atoms with Crippen LogP contribution in [0, 0.1) is 0 Å². The summed E-state index contributed by atoms with van der Waals surface area (Å²) >= 11 is 0. The van der Waals surface area contributed by atoms with Crippen molar-refractivity contribution in [1.82, 2.24) is 0 Å². The van der Waals surface area contributed by atoms with Crippen LogP contribution in [0.1, 0.15) is 12.5 Å². The van der Waals surface area contributed by atoms with E-state index in [1.807, 2.05) is 48.5 Å². The Morgan fingerprint density at radius 1 is 1.00 bits per heavy atom. The first-order valence-corrected chi connectivity index (χ1v) is 5.74. The lowest BCUT2D eigenvalue weighted by molar-refractivity contribution is 0.328. The van der Waals surface area contributed by atoms with E-state index in [4.69, 9.17) is 9.47 Å². The van der Waals surface area contributed by atoms with E-state index in [0.29, 0.717) is 0 Å². The quantitative estimate of drug-likeness (QED) is 0.744. The van der Waals surface area contributed by atoms with E-state index >= 15 is 0 Å². The second kappa shape index (κ2) is 3.90. The lowest BCUT2D eigenvalue weighted by atomic mass is 10.0. The van der Waals surface area contributed by atoms with Crippen molar-refractivity contribution in [2.24, 2.45) is 0 Å². The first-order valence-electron chi connectivity index (χ1n) is 5.74. The van der Waals surface area contributed by atoms with Gasteiger partial charge in [0.15, 0.2) is 0 Å². The normalized spacial score (nSPS) is 22.2. The van der Waals surface area contributed by atoms with Gasteiger partial charge in [0.1, 0.15) is 17.1 Å². The smallest absolute Gasteiger partial charge is 0.127 e. The van der Waals surface area contributed by atoms with Crippen molar-refractivity contribution in [2.45, 2.75) is 12.5 Å². The van der Waals surface area contributed by atoms with Crippen LogP contribution in [0.25, 0.3) is 0 Å². The maximum absolute atomic E-state index is 5.79. The van der Waals surface area contributed by atoms with E-state index in [-0.39, 0.29) is 5.60 Å². The summed E-state index contributed by atoms with van der Waals surface area (Å²) in [7, 11) is 0. The molecule has 1 aliphatic rings. The van der Waals surface area contributed by atoms with Crippen LogP contribution in [0.2, 0.25) is 0 Å². The van der Waals surface area contributed by atoms with Gasteiger partial charge in [-0.15, -0.1) is 0 Å². The maximum Gasteiger partial charge on any atom is 0.127 e. The fraction of sp³-hybridized carbons (Fsp3) is 0.200. The van der Waals surface area contributed by atoms with Gasteiger partial charge in [0.05, 0.1) is 6.61 Å². The van der Waals surface area contributed by atoms with Gasteiger partial charge < -0.3 is 9.47 Å². The molecule has 1 atom stereocenters. The topological polar surface area (TPSA) is 21.8 Å². The molecular formula is C15H14O2. The summed E-state index contributed by atoms with van der Waals surface area (Å²) < 4.78 is 11.2. The molecule has 2 aromatic rings. The van der Waals surface area contributed by atoms with Gasteiger partial charge in [0.2, 0.25) is 0 Å². The molecule has 2 heteroatoms. The minimum Gasteiger partial charge on any atom is -0.457 e. The van der Waals surface area contributed by atoms with Gasteiger partial charge in [-0.25, -0.2) is 0 Å². The van der Waals surface area contributed by atoms with Gasteiger partial charge in [-0.3, -0.25) is 0 Å². The molecule has 0 bridgehead atoms. The number of rotatable bonds is 3. The molecule has 0 radical (unpaired) electrons. The first-order chi connectivity index (χ1) is 8.26. The van der Waals surface area contributed by atoms with Crippen LogP contribution in [-0.4, -0.2) is 6.61 Å². The summed E-state index contributed by atoms with van der Waals surface area (Å²) in [6.07, 6.45) is 0. The zero-order chi connectivity index (χ0) is 11.7. The van der Waals surface area contributed by atoms with Crippen molar-refractivity contribution in [3.05, 3.63) is 60.2 Å². The van der Waals surface area contributed by atoms with Crippen molar-refractivity contribution in [1.29, 1.82) is 0 Å². The van der Waals surface area contributed by atoms with Crippen LogP contribution in [0.3, 0.4) is 0 Å². The van der Waals surface area contributed by atoms with Crippen LogP contribution in [0.5, 0.6) is 11.5 Å². The van der Waals surface area contributed by atoms with Crippen LogP contribution < -0.4 is 4.74 Å². The van der Waals surface area contributed by atoms with Gasteiger partial charge >= 0.3 is 0 Å². The van der Waals surface area contributed by atoms with E-state index in [1.165, 1.54) is 5.56 Å². The van der Waals surface area contributed by atoms with Crippen molar-refractivity contribution in [3.63, 3.8) is 0 Å². The summed E-state index contributed by atoms with van der Waals surface area (Å²) in [4.78, 5) is 0. The lowest BCUT2D eigenvalue weighted by Crippen LogP contribution is -2.01. The Hall–Kier alpha value is -1.80. The molecule has 2 nitrogen and oxygen atoms in total. The van der Waals surface area contributed by atoms with E-state index in [1.54, 1.807) is 0 Å². The molecule has 1 saturated heterocycles. The molecule has 0 spiro atoms. The minimum atomic E-state index is -0.101. The number of epoxide rings is 1. The third-order valence-electron chi connectivity index (χ3n) is 3.00. The van der Waals surface area contributed by atoms with Crippen LogP contribution >= 0.6 is 0 Å². The molecule has 3 rings (SSSR count). The predicted octanol–water partition coefficient (Wildman–Crippen LogP) is 3.72. The zero-order valence-electron chi connectivity index (χ0n) is 9.72. The number of ether oxygens (including phenoxy) is 2. The summed E-state index contributed by atoms with van der Waals surface area (Å²) in [5.74, 6) is 1.71. The fourth-order valence-electron chi connectivity index (χ4n) is 1.79. The molecule has 0 aromatic heterocycles. The SMILES string of the molecule is CC1(c2cccc(Oc3ccccc3)c2)CO1. The minimum absolute atomic E-state index is 0.101. The van der Waals surface area contributed by atoms with E-state index in [2.05, 4.69) is 13.0 Å². The van der Waals surface area contributed by atoms with E-state index in [0.717, 1.165) is 18.1 Å². The van der Waals surface area contributed by atoms with Crippen molar-refractivity contribution in [3.8, 4) is 11.5 Å². The number of hydrogen-bond donors (Lipinski definition) is 0. The molecular weight excluding hydrogens is 212 g/mol. The highest BCUT2D eigenvalue weighted by Crippen LogP contribution is 2.39. The Labute approximate surface area is 101 Å². The summed E-state index contributed by atoms with van der Waals surface area (Å²) in [6.45, 7) is 2.89. The highest BCUT2D eigenvalue weighted by atomic mass is 16.6.